The van der Waals surface area contributed by atoms with Gasteiger partial charge in [-0.1, -0.05) is 38.3 Å². The third-order valence-electron chi connectivity index (χ3n) is 8.18. The summed E-state index contributed by atoms with van der Waals surface area (Å²) in [6, 6.07) is 6.68. The van der Waals surface area contributed by atoms with E-state index in [1.807, 2.05) is 31.2 Å². The molecule has 9 heteroatoms. The molecule has 3 N–H and O–H groups in total. The Morgan fingerprint density at radius 2 is 1.45 bits per heavy atom. The molecule has 0 aliphatic carbocycles. The monoisotopic (exact) mass is 579 g/mol. The molecular formula is C31H53N3O5S. The van der Waals surface area contributed by atoms with Crippen molar-refractivity contribution in [2.24, 2.45) is 11.8 Å². The number of sulfonamides is 1. The van der Waals surface area contributed by atoms with Crippen LogP contribution >= 0.6 is 0 Å². The van der Waals surface area contributed by atoms with E-state index in [4.69, 9.17) is 9.47 Å². The highest BCUT2D eigenvalue weighted by Crippen LogP contribution is 2.20. The Morgan fingerprint density at radius 1 is 0.875 bits per heavy atom. The fourth-order valence-corrected chi connectivity index (χ4v) is 7.01. The molecule has 0 saturated carbocycles. The molecule has 1 aromatic carbocycles. The molecule has 3 rings (SSSR count). The second kappa shape index (κ2) is 18.7. The van der Waals surface area contributed by atoms with Crippen molar-refractivity contribution < 1.29 is 22.7 Å². The predicted molar refractivity (Wildman–Crippen MR) is 161 cm³/mol. The van der Waals surface area contributed by atoms with E-state index < -0.39 is 22.0 Å². The summed E-state index contributed by atoms with van der Waals surface area (Å²) < 4.78 is 39.3. The molecule has 0 aromatic heterocycles. The standard InChI is InChI=1S/C31H53N3O5S/c1-2-3-24-40(36,37)34-30(31(35)39-23-7-5-9-27-16-20-33-21-17-27)25-28-10-12-29(13-11-28)38-22-6-4-8-26-14-18-32-19-15-26/h10-13,26-27,30,32-34H,2-9,14-25H2,1H3/t30-/m0/s1. The Balaban J connectivity index is 1.43. The maximum absolute atomic E-state index is 13.0. The first kappa shape index (κ1) is 32.8. The zero-order valence-electron chi connectivity index (χ0n) is 24.6. The molecule has 0 amide bonds. The number of carbonyl (C=O) groups excluding carboxylic acids is 1. The molecule has 2 saturated heterocycles. The summed E-state index contributed by atoms with van der Waals surface area (Å²) in [5.41, 5.74) is 0.865. The Hall–Kier alpha value is -1.68. The number of rotatable bonds is 19. The maximum Gasteiger partial charge on any atom is 0.324 e. The maximum atomic E-state index is 13.0. The van der Waals surface area contributed by atoms with Gasteiger partial charge in [-0.3, -0.25) is 4.79 Å². The molecule has 0 spiro atoms. The van der Waals surface area contributed by atoms with Crippen LogP contribution in [-0.2, 0) is 26.0 Å². The molecule has 2 heterocycles. The molecule has 228 valence electrons. The fraction of sp³-hybridized carbons (Fsp3) is 0.774. The highest BCUT2D eigenvalue weighted by molar-refractivity contribution is 7.89. The van der Waals surface area contributed by atoms with Crippen molar-refractivity contribution in [3.8, 4) is 5.75 Å². The number of esters is 1. The summed E-state index contributed by atoms with van der Waals surface area (Å²) in [4.78, 5) is 13.0. The van der Waals surface area contributed by atoms with E-state index in [9.17, 15) is 13.2 Å². The van der Waals surface area contributed by atoms with Gasteiger partial charge in [-0.25, -0.2) is 13.1 Å². The van der Waals surface area contributed by atoms with E-state index >= 15 is 0 Å². The van der Waals surface area contributed by atoms with E-state index in [0.29, 0.717) is 19.6 Å². The van der Waals surface area contributed by atoms with Crippen LogP contribution in [0.3, 0.4) is 0 Å². The summed E-state index contributed by atoms with van der Waals surface area (Å²) in [7, 11) is -3.58. The van der Waals surface area contributed by atoms with Crippen molar-refractivity contribution in [3.05, 3.63) is 29.8 Å². The van der Waals surface area contributed by atoms with Crippen LogP contribution in [0.2, 0.25) is 0 Å². The topological polar surface area (TPSA) is 106 Å². The zero-order chi connectivity index (χ0) is 28.5. The molecule has 0 unspecified atom stereocenters. The molecule has 1 atom stereocenters. The van der Waals surface area contributed by atoms with Gasteiger partial charge < -0.3 is 20.1 Å². The molecule has 2 fully saturated rings. The van der Waals surface area contributed by atoms with Gasteiger partial charge in [0, 0.05) is 0 Å². The van der Waals surface area contributed by atoms with Gasteiger partial charge >= 0.3 is 5.97 Å². The second-order valence-electron chi connectivity index (χ2n) is 11.6. The molecule has 8 nitrogen and oxygen atoms in total. The smallest absolute Gasteiger partial charge is 0.324 e. The lowest BCUT2D eigenvalue weighted by Crippen LogP contribution is -2.44. The normalized spacial score (nSPS) is 17.9. The first-order valence-electron chi connectivity index (χ1n) is 15.7. The zero-order valence-corrected chi connectivity index (χ0v) is 25.4. The lowest BCUT2D eigenvalue weighted by Gasteiger charge is -2.22. The fourth-order valence-electron chi connectivity index (χ4n) is 5.61. The molecular weight excluding hydrogens is 526 g/mol. The van der Waals surface area contributed by atoms with Gasteiger partial charge in [0.05, 0.1) is 19.0 Å². The third kappa shape index (κ3) is 13.3. The van der Waals surface area contributed by atoms with Crippen LogP contribution < -0.4 is 20.1 Å². The predicted octanol–water partition coefficient (Wildman–Crippen LogP) is 4.58. The lowest BCUT2D eigenvalue weighted by atomic mass is 9.93. The molecule has 2 aliphatic rings. The van der Waals surface area contributed by atoms with E-state index in [-0.39, 0.29) is 12.2 Å². The quantitative estimate of drug-likeness (QED) is 0.163. The lowest BCUT2D eigenvalue weighted by molar-refractivity contribution is -0.145. The molecule has 1 aromatic rings. The number of hydrogen-bond acceptors (Lipinski definition) is 7. The number of carbonyl (C=O) groups is 1. The number of piperidine rings is 2. The van der Waals surface area contributed by atoms with Gasteiger partial charge in [0.15, 0.2) is 0 Å². The van der Waals surface area contributed by atoms with Crippen molar-refractivity contribution in [2.45, 2.75) is 96.4 Å². The van der Waals surface area contributed by atoms with Crippen molar-refractivity contribution in [1.29, 1.82) is 0 Å². The van der Waals surface area contributed by atoms with Crippen LogP contribution in [0.1, 0.15) is 89.5 Å². The van der Waals surface area contributed by atoms with Gasteiger partial charge in [-0.15, -0.1) is 0 Å². The van der Waals surface area contributed by atoms with Crippen LogP contribution in [0.15, 0.2) is 24.3 Å². The molecule has 40 heavy (non-hydrogen) atoms. The number of hydrogen-bond donors (Lipinski definition) is 3. The number of benzene rings is 1. The second-order valence-corrected chi connectivity index (χ2v) is 13.5. The molecule has 0 radical (unpaired) electrons. The minimum Gasteiger partial charge on any atom is -0.494 e. The Morgan fingerprint density at radius 3 is 2.02 bits per heavy atom. The van der Waals surface area contributed by atoms with Crippen LogP contribution in [0.25, 0.3) is 0 Å². The summed E-state index contributed by atoms with van der Waals surface area (Å²) in [5, 5.41) is 6.80. The van der Waals surface area contributed by atoms with Gasteiger partial charge in [0.25, 0.3) is 0 Å². The van der Waals surface area contributed by atoms with Crippen molar-refractivity contribution >= 4 is 16.0 Å². The Kier molecular flexibility index (Phi) is 15.3. The minimum absolute atomic E-state index is 0.00788. The Labute approximate surface area is 242 Å². The summed E-state index contributed by atoms with van der Waals surface area (Å²) >= 11 is 0. The number of ether oxygens (including phenoxy) is 2. The first-order valence-corrected chi connectivity index (χ1v) is 17.4. The number of nitrogens with one attached hydrogen (secondary N) is 3. The van der Waals surface area contributed by atoms with Crippen LogP contribution in [-0.4, -0.2) is 65.6 Å². The van der Waals surface area contributed by atoms with Crippen LogP contribution in [0.4, 0.5) is 0 Å². The van der Waals surface area contributed by atoms with Crippen molar-refractivity contribution in [1.82, 2.24) is 15.4 Å². The van der Waals surface area contributed by atoms with Crippen LogP contribution in [0.5, 0.6) is 5.75 Å². The van der Waals surface area contributed by atoms with E-state index in [0.717, 1.165) is 81.4 Å². The van der Waals surface area contributed by atoms with Gasteiger partial charge in [-0.05, 0) is 120 Å². The average molecular weight is 580 g/mol. The summed E-state index contributed by atoms with van der Waals surface area (Å²) in [6.45, 7) is 7.42. The first-order chi connectivity index (χ1) is 19.4. The third-order valence-corrected chi connectivity index (χ3v) is 9.65. The number of unbranched alkanes of at least 4 members (excludes halogenated alkanes) is 3. The highest BCUT2D eigenvalue weighted by atomic mass is 32.2. The van der Waals surface area contributed by atoms with E-state index in [2.05, 4.69) is 15.4 Å². The van der Waals surface area contributed by atoms with Gasteiger partial charge in [0.2, 0.25) is 10.0 Å². The van der Waals surface area contributed by atoms with E-state index in [1.165, 1.54) is 38.5 Å². The van der Waals surface area contributed by atoms with Gasteiger partial charge in [0.1, 0.15) is 11.8 Å². The van der Waals surface area contributed by atoms with Gasteiger partial charge in [-0.2, -0.15) is 0 Å². The van der Waals surface area contributed by atoms with E-state index in [1.54, 1.807) is 0 Å². The molecule has 0 bridgehead atoms. The largest absolute Gasteiger partial charge is 0.494 e. The van der Waals surface area contributed by atoms with Crippen LogP contribution in [0, 0.1) is 11.8 Å². The molecule has 2 aliphatic heterocycles. The average Bonchev–Trinajstić information content (AvgIpc) is 2.97. The summed E-state index contributed by atoms with van der Waals surface area (Å²) in [5.74, 6) is 1.90. The SMILES string of the molecule is CCCCS(=O)(=O)N[C@@H](Cc1ccc(OCCCCC2CCNCC2)cc1)C(=O)OCCCCC1CCNCC1. The highest BCUT2D eigenvalue weighted by Gasteiger charge is 2.26. The van der Waals surface area contributed by atoms with Crippen molar-refractivity contribution in [3.63, 3.8) is 0 Å². The Bertz CT molecular complexity index is 929. The summed E-state index contributed by atoms with van der Waals surface area (Å²) in [6.07, 6.45) is 13.0. The van der Waals surface area contributed by atoms with Crippen molar-refractivity contribution in [2.75, 3.05) is 45.1 Å². The minimum atomic E-state index is -3.58.